The molecular formula is C13H22N2O5. The third kappa shape index (κ3) is 3.21. The molecule has 0 bridgehead atoms. The highest BCUT2D eigenvalue weighted by Crippen LogP contribution is 2.32. The van der Waals surface area contributed by atoms with E-state index >= 15 is 0 Å². The number of carboxylic acid groups (broad SMARTS) is 1. The zero-order chi connectivity index (χ0) is 14.6. The number of carboxylic acids is 1. The van der Waals surface area contributed by atoms with Gasteiger partial charge in [-0.3, -0.25) is 0 Å². The number of aliphatic hydroxyl groups is 1. The molecule has 0 radical (unpaired) electrons. The standard InChI is InChI=1S/C13H22N2O5/c16-8-9-20-10-2-6-15(7-3-10)12(19)14-13(11(17)18)4-1-5-13/h10,16H,1-9H2,(H,14,19)(H,17,18). The Kier molecular flexibility index (Phi) is 4.82. The van der Waals surface area contributed by atoms with Crippen molar-refractivity contribution in [1.82, 2.24) is 10.2 Å². The molecular weight excluding hydrogens is 264 g/mol. The van der Waals surface area contributed by atoms with Gasteiger partial charge in [0.05, 0.1) is 19.3 Å². The average molecular weight is 286 g/mol. The Balaban J connectivity index is 1.78. The number of rotatable bonds is 5. The molecule has 1 aliphatic heterocycles. The molecule has 2 rings (SSSR count). The number of hydrogen-bond donors (Lipinski definition) is 3. The molecule has 1 heterocycles. The number of aliphatic hydroxyl groups excluding tert-OH is 1. The van der Waals surface area contributed by atoms with E-state index in [1.807, 2.05) is 0 Å². The number of hydrogen-bond acceptors (Lipinski definition) is 4. The lowest BCUT2D eigenvalue weighted by molar-refractivity contribution is -0.148. The van der Waals surface area contributed by atoms with Crippen molar-refractivity contribution < 1.29 is 24.5 Å². The molecule has 7 nitrogen and oxygen atoms in total. The molecule has 114 valence electrons. The van der Waals surface area contributed by atoms with Crippen LogP contribution in [0.15, 0.2) is 0 Å². The summed E-state index contributed by atoms with van der Waals surface area (Å²) < 4.78 is 5.43. The van der Waals surface area contributed by atoms with E-state index in [0.717, 1.165) is 6.42 Å². The summed E-state index contributed by atoms with van der Waals surface area (Å²) in [6.45, 7) is 1.43. The molecule has 1 saturated heterocycles. The number of ether oxygens (including phenoxy) is 1. The zero-order valence-electron chi connectivity index (χ0n) is 11.5. The fourth-order valence-corrected chi connectivity index (χ4v) is 2.65. The summed E-state index contributed by atoms with van der Waals surface area (Å²) >= 11 is 0. The van der Waals surface area contributed by atoms with Gasteiger partial charge >= 0.3 is 12.0 Å². The summed E-state index contributed by atoms with van der Waals surface area (Å²) in [5, 5.41) is 20.6. The summed E-state index contributed by atoms with van der Waals surface area (Å²) in [6, 6.07) is -0.298. The summed E-state index contributed by atoms with van der Waals surface area (Å²) in [5.74, 6) is -0.946. The van der Waals surface area contributed by atoms with Gasteiger partial charge in [-0.1, -0.05) is 0 Å². The Labute approximate surface area is 117 Å². The second-order valence-electron chi connectivity index (χ2n) is 5.45. The summed E-state index contributed by atoms with van der Waals surface area (Å²) in [4.78, 5) is 25.0. The number of urea groups is 1. The first kappa shape index (κ1) is 15.1. The summed E-state index contributed by atoms with van der Waals surface area (Å²) in [7, 11) is 0. The van der Waals surface area contributed by atoms with Gasteiger partial charge in [-0.2, -0.15) is 0 Å². The molecule has 2 fully saturated rings. The predicted molar refractivity (Wildman–Crippen MR) is 70.4 cm³/mol. The maximum absolute atomic E-state index is 12.1. The van der Waals surface area contributed by atoms with Gasteiger partial charge in [0.25, 0.3) is 0 Å². The Hall–Kier alpha value is -1.34. The number of piperidine rings is 1. The highest BCUT2D eigenvalue weighted by molar-refractivity contribution is 5.87. The van der Waals surface area contributed by atoms with Gasteiger partial charge < -0.3 is 25.2 Å². The Bertz CT molecular complexity index is 362. The number of nitrogens with zero attached hydrogens (tertiary/aromatic N) is 1. The number of aliphatic carboxylic acids is 1. The van der Waals surface area contributed by atoms with E-state index in [1.165, 1.54) is 0 Å². The number of carbonyl (C=O) groups is 2. The van der Waals surface area contributed by atoms with E-state index in [-0.39, 0.29) is 18.7 Å². The van der Waals surface area contributed by atoms with E-state index in [0.29, 0.717) is 45.4 Å². The topological polar surface area (TPSA) is 99.1 Å². The van der Waals surface area contributed by atoms with E-state index in [9.17, 15) is 14.7 Å². The summed E-state index contributed by atoms with van der Waals surface area (Å²) in [6.07, 6.45) is 3.35. The second kappa shape index (κ2) is 6.41. The van der Waals surface area contributed by atoms with Crippen LogP contribution in [0.2, 0.25) is 0 Å². The lowest BCUT2D eigenvalue weighted by Crippen LogP contribution is -2.62. The molecule has 1 saturated carbocycles. The molecule has 20 heavy (non-hydrogen) atoms. The first-order valence-electron chi connectivity index (χ1n) is 7.10. The van der Waals surface area contributed by atoms with E-state index in [1.54, 1.807) is 4.90 Å². The van der Waals surface area contributed by atoms with Crippen molar-refractivity contribution in [1.29, 1.82) is 0 Å². The highest BCUT2D eigenvalue weighted by atomic mass is 16.5. The first-order valence-corrected chi connectivity index (χ1v) is 7.10. The lowest BCUT2D eigenvalue weighted by Gasteiger charge is -2.41. The molecule has 1 aliphatic carbocycles. The largest absolute Gasteiger partial charge is 0.480 e. The van der Waals surface area contributed by atoms with Crippen LogP contribution in [0.5, 0.6) is 0 Å². The third-order valence-electron chi connectivity index (χ3n) is 4.14. The monoisotopic (exact) mass is 286 g/mol. The van der Waals surface area contributed by atoms with Crippen molar-refractivity contribution >= 4 is 12.0 Å². The van der Waals surface area contributed by atoms with Crippen molar-refractivity contribution in [2.75, 3.05) is 26.3 Å². The van der Waals surface area contributed by atoms with Crippen LogP contribution in [0.1, 0.15) is 32.1 Å². The van der Waals surface area contributed by atoms with Crippen LogP contribution >= 0.6 is 0 Å². The molecule has 0 aromatic rings. The molecule has 2 aliphatic rings. The van der Waals surface area contributed by atoms with Crippen LogP contribution in [0.3, 0.4) is 0 Å². The molecule has 0 atom stereocenters. The molecule has 7 heteroatoms. The first-order chi connectivity index (χ1) is 9.57. The van der Waals surface area contributed by atoms with Gasteiger partial charge in [0.2, 0.25) is 0 Å². The molecule has 0 aromatic heterocycles. The minimum Gasteiger partial charge on any atom is -0.480 e. The number of nitrogens with one attached hydrogen (secondary N) is 1. The van der Waals surface area contributed by atoms with Crippen LogP contribution in [-0.2, 0) is 9.53 Å². The zero-order valence-corrected chi connectivity index (χ0v) is 11.5. The smallest absolute Gasteiger partial charge is 0.329 e. The van der Waals surface area contributed by atoms with Crippen LogP contribution in [-0.4, -0.2) is 65.1 Å². The van der Waals surface area contributed by atoms with Gasteiger partial charge in [0, 0.05) is 13.1 Å². The minimum absolute atomic E-state index is 0.00182. The van der Waals surface area contributed by atoms with Gasteiger partial charge in [0.15, 0.2) is 0 Å². The molecule has 2 amide bonds. The molecule has 0 spiro atoms. The fourth-order valence-electron chi connectivity index (χ4n) is 2.65. The molecule has 0 unspecified atom stereocenters. The lowest BCUT2D eigenvalue weighted by atomic mass is 9.77. The van der Waals surface area contributed by atoms with Gasteiger partial charge in [-0.05, 0) is 32.1 Å². The predicted octanol–water partition coefficient (Wildman–Crippen LogP) is 0.177. The van der Waals surface area contributed by atoms with Crippen molar-refractivity contribution in [2.24, 2.45) is 0 Å². The molecule has 0 aromatic carbocycles. The quantitative estimate of drug-likeness (QED) is 0.669. The van der Waals surface area contributed by atoms with Crippen molar-refractivity contribution in [3.05, 3.63) is 0 Å². The minimum atomic E-state index is -1.05. The van der Waals surface area contributed by atoms with Gasteiger partial charge in [-0.15, -0.1) is 0 Å². The van der Waals surface area contributed by atoms with E-state index in [4.69, 9.17) is 9.84 Å². The Morgan fingerprint density at radius 2 is 1.95 bits per heavy atom. The van der Waals surface area contributed by atoms with Gasteiger partial charge in [-0.25, -0.2) is 9.59 Å². The normalized spacial score (nSPS) is 22.1. The van der Waals surface area contributed by atoms with Crippen LogP contribution in [0.25, 0.3) is 0 Å². The Morgan fingerprint density at radius 1 is 1.30 bits per heavy atom. The van der Waals surface area contributed by atoms with Gasteiger partial charge in [0.1, 0.15) is 5.54 Å². The van der Waals surface area contributed by atoms with E-state index in [2.05, 4.69) is 5.32 Å². The number of carbonyl (C=O) groups excluding carboxylic acids is 1. The maximum atomic E-state index is 12.1. The second-order valence-corrected chi connectivity index (χ2v) is 5.45. The fraction of sp³-hybridized carbons (Fsp3) is 0.846. The van der Waals surface area contributed by atoms with Crippen LogP contribution in [0.4, 0.5) is 4.79 Å². The third-order valence-corrected chi connectivity index (χ3v) is 4.14. The summed E-state index contributed by atoms with van der Waals surface area (Å²) in [5.41, 5.74) is -1.05. The average Bonchev–Trinajstić information content (AvgIpc) is 2.40. The van der Waals surface area contributed by atoms with Crippen LogP contribution < -0.4 is 5.32 Å². The highest BCUT2D eigenvalue weighted by Gasteiger charge is 2.46. The Morgan fingerprint density at radius 3 is 2.40 bits per heavy atom. The van der Waals surface area contributed by atoms with Crippen molar-refractivity contribution in [3.8, 4) is 0 Å². The molecule has 3 N–H and O–H groups in total. The number of likely N-dealkylation sites (tertiary alicyclic amines) is 1. The van der Waals surface area contributed by atoms with E-state index < -0.39 is 11.5 Å². The SMILES string of the molecule is O=C(NC1(C(=O)O)CCC1)N1CCC(OCCO)CC1. The number of amides is 2. The van der Waals surface area contributed by atoms with Crippen molar-refractivity contribution in [3.63, 3.8) is 0 Å². The van der Waals surface area contributed by atoms with Crippen LogP contribution in [0, 0.1) is 0 Å². The maximum Gasteiger partial charge on any atom is 0.329 e. The van der Waals surface area contributed by atoms with Crippen molar-refractivity contribution in [2.45, 2.75) is 43.7 Å².